The lowest BCUT2D eigenvalue weighted by molar-refractivity contribution is -0.144. The van der Waals surface area contributed by atoms with E-state index in [2.05, 4.69) is 15.3 Å². The quantitative estimate of drug-likeness (QED) is 0.539. The second kappa shape index (κ2) is 6.31. The number of nitrogens with one attached hydrogen (secondary N) is 1. The highest BCUT2D eigenvalue weighted by Crippen LogP contribution is 2.37. The van der Waals surface area contributed by atoms with E-state index >= 15 is 0 Å². The molecule has 136 valence electrons. The molecule has 2 aromatic carbocycles. The number of halogens is 7. The third-order valence-electron chi connectivity index (χ3n) is 3.39. The molecule has 3 aromatic rings. The SMILES string of the molecule is FC(F)(F)c1nc(Nc2ccc(Cl)c(C(F)(F)F)c2)c2ccccc2n1. The minimum Gasteiger partial charge on any atom is -0.340 e. The summed E-state index contributed by atoms with van der Waals surface area (Å²) in [7, 11) is 0. The van der Waals surface area contributed by atoms with Gasteiger partial charge in [-0.25, -0.2) is 9.97 Å². The second-order valence-corrected chi connectivity index (χ2v) is 5.64. The molecule has 26 heavy (non-hydrogen) atoms. The van der Waals surface area contributed by atoms with Crippen LogP contribution in [0.3, 0.4) is 0 Å². The van der Waals surface area contributed by atoms with Crippen molar-refractivity contribution in [2.75, 3.05) is 5.32 Å². The van der Waals surface area contributed by atoms with E-state index in [4.69, 9.17) is 11.6 Å². The van der Waals surface area contributed by atoms with Crippen LogP contribution in [0.25, 0.3) is 10.9 Å². The first kappa shape index (κ1) is 18.2. The van der Waals surface area contributed by atoms with E-state index in [9.17, 15) is 26.3 Å². The maximum absolute atomic E-state index is 13.0. The maximum atomic E-state index is 13.0. The van der Waals surface area contributed by atoms with Crippen LogP contribution in [0.4, 0.5) is 37.8 Å². The van der Waals surface area contributed by atoms with E-state index < -0.39 is 28.8 Å². The third kappa shape index (κ3) is 3.67. The summed E-state index contributed by atoms with van der Waals surface area (Å²) in [6.07, 6.45) is -9.52. The molecule has 0 aliphatic heterocycles. The summed E-state index contributed by atoms with van der Waals surface area (Å²) in [5.41, 5.74) is -1.22. The largest absolute Gasteiger partial charge is 0.451 e. The zero-order valence-corrected chi connectivity index (χ0v) is 13.3. The van der Waals surface area contributed by atoms with Crippen molar-refractivity contribution in [2.24, 2.45) is 0 Å². The first-order valence-corrected chi connectivity index (χ1v) is 7.41. The van der Waals surface area contributed by atoms with Crippen molar-refractivity contribution in [3.63, 3.8) is 0 Å². The number of hydrogen-bond donors (Lipinski definition) is 1. The summed E-state index contributed by atoms with van der Waals surface area (Å²) in [4.78, 5) is 6.86. The molecule has 0 radical (unpaired) electrons. The average molecular weight is 392 g/mol. The van der Waals surface area contributed by atoms with Gasteiger partial charge >= 0.3 is 12.4 Å². The lowest BCUT2D eigenvalue weighted by atomic mass is 10.1. The fourth-order valence-electron chi connectivity index (χ4n) is 2.26. The van der Waals surface area contributed by atoms with Crippen LogP contribution < -0.4 is 5.32 Å². The maximum Gasteiger partial charge on any atom is 0.451 e. The summed E-state index contributed by atoms with van der Waals surface area (Å²) in [5, 5.41) is 2.19. The smallest absolute Gasteiger partial charge is 0.340 e. The monoisotopic (exact) mass is 391 g/mol. The van der Waals surface area contributed by atoms with Gasteiger partial charge in [0.15, 0.2) is 0 Å². The normalized spacial score (nSPS) is 12.4. The van der Waals surface area contributed by atoms with Gasteiger partial charge in [-0.15, -0.1) is 0 Å². The molecule has 1 N–H and O–H groups in total. The molecule has 3 rings (SSSR count). The van der Waals surface area contributed by atoms with Crippen molar-refractivity contribution in [1.82, 2.24) is 9.97 Å². The summed E-state index contributed by atoms with van der Waals surface area (Å²) >= 11 is 5.54. The Balaban J connectivity index is 2.12. The Morgan fingerprint density at radius 2 is 1.54 bits per heavy atom. The van der Waals surface area contributed by atoms with Gasteiger partial charge in [-0.1, -0.05) is 23.7 Å². The Kier molecular flexibility index (Phi) is 4.43. The van der Waals surface area contributed by atoms with Crippen LogP contribution in [-0.4, -0.2) is 9.97 Å². The summed E-state index contributed by atoms with van der Waals surface area (Å²) in [6.45, 7) is 0. The summed E-state index contributed by atoms with van der Waals surface area (Å²) < 4.78 is 77.8. The number of rotatable bonds is 2. The molecule has 0 fully saturated rings. The van der Waals surface area contributed by atoms with E-state index in [1.165, 1.54) is 24.3 Å². The third-order valence-corrected chi connectivity index (χ3v) is 3.72. The van der Waals surface area contributed by atoms with Crippen LogP contribution in [-0.2, 0) is 12.4 Å². The number of benzene rings is 2. The molecular weight excluding hydrogens is 384 g/mol. The Hall–Kier alpha value is -2.55. The van der Waals surface area contributed by atoms with E-state index in [-0.39, 0.29) is 22.4 Å². The van der Waals surface area contributed by atoms with Crippen LogP contribution in [0.2, 0.25) is 5.02 Å². The molecule has 0 amide bonds. The van der Waals surface area contributed by atoms with Crippen molar-refractivity contribution in [2.45, 2.75) is 12.4 Å². The van der Waals surface area contributed by atoms with Crippen LogP contribution in [0.1, 0.15) is 11.4 Å². The fraction of sp³-hybridized carbons (Fsp3) is 0.125. The number of fused-ring (bicyclic) bond motifs is 1. The standard InChI is InChI=1S/C16H8ClF6N3/c17-11-6-5-8(7-10(11)15(18,19)20)24-13-9-3-1-2-4-12(9)25-14(26-13)16(21,22)23/h1-7H,(H,24,25,26). The van der Waals surface area contributed by atoms with Crippen LogP contribution in [0, 0.1) is 0 Å². The number of aromatic nitrogens is 2. The number of para-hydroxylation sites is 1. The molecule has 1 aromatic heterocycles. The van der Waals surface area contributed by atoms with Gasteiger partial charge in [0.2, 0.25) is 5.82 Å². The molecule has 0 spiro atoms. The van der Waals surface area contributed by atoms with Gasteiger partial charge in [0.25, 0.3) is 0 Å². The number of alkyl halides is 6. The first-order chi connectivity index (χ1) is 12.1. The topological polar surface area (TPSA) is 37.8 Å². The zero-order chi connectivity index (χ0) is 19.1. The van der Waals surface area contributed by atoms with E-state index in [0.29, 0.717) is 6.07 Å². The first-order valence-electron chi connectivity index (χ1n) is 7.03. The van der Waals surface area contributed by atoms with Gasteiger partial charge < -0.3 is 5.32 Å². The Morgan fingerprint density at radius 3 is 2.19 bits per heavy atom. The molecule has 0 aliphatic rings. The molecule has 0 atom stereocenters. The van der Waals surface area contributed by atoms with Crippen LogP contribution >= 0.6 is 11.6 Å². The average Bonchev–Trinajstić information content (AvgIpc) is 2.54. The van der Waals surface area contributed by atoms with Crippen molar-refractivity contribution in [3.8, 4) is 0 Å². The fourth-order valence-corrected chi connectivity index (χ4v) is 2.48. The predicted molar refractivity (Wildman–Crippen MR) is 84.3 cm³/mol. The van der Waals surface area contributed by atoms with E-state index in [0.717, 1.165) is 6.07 Å². The van der Waals surface area contributed by atoms with Gasteiger partial charge in [-0.2, -0.15) is 26.3 Å². The lowest BCUT2D eigenvalue weighted by Gasteiger charge is -2.14. The highest BCUT2D eigenvalue weighted by atomic mass is 35.5. The van der Waals surface area contributed by atoms with Crippen LogP contribution in [0.15, 0.2) is 42.5 Å². The molecule has 0 saturated carbocycles. The Labute approximate surface area is 147 Å². The molecule has 3 nitrogen and oxygen atoms in total. The molecule has 1 heterocycles. The molecule has 0 saturated heterocycles. The highest BCUT2D eigenvalue weighted by Gasteiger charge is 2.36. The molecular formula is C16H8ClF6N3. The molecule has 0 bridgehead atoms. The van der Waals surface area contributed by atoms with Gasteiger partial charge in [0, 0.05) is 11.1 Å². The van der Waals surface area contributed by atoms with E-state index in [1.807, 2.05) is 0 Å². The highest BCUT2D eigenvalue weighted by molar-refractivity contribution is 6.31. The number of anilines is 2. The van der Waals surface area contributed by atoms with Crippen molar-refractivity contribution in [1.29, 1.82) is 0 Å². The van der Waals surface area contributed by atoms with Crippen molar-refractivity contribution in [3.05, 3.63) is 58.9 Å². The minimum atomic E-state index is -4.81. The predicted octanol–water partition coefficient (Wildman–Crippen LogP) is 6.06. The number of hydrogen-bond acceptors (Lipinski definition) is 3. The number of nitrogens with zero attached hydrogens (tertiary/aromatic N) is 2. The van der Waals surface area contributed by atoms with Gasteiger partial charge in [-0.3, -0.25) is 0 Å². The molecule has 0 unspecified atom stereocenters. The lowest BCUT2D eigenvalue weighted by Crippen LogP contribution is -2.13. The van der Waals surface area contributed by atoms with Gasteiger partial charge in [0.1, 0.15) is 5.82 Å². The molecule has 0 aliphatic carbocycles. The summed E-state index contributed by atoms with van der Waals surface area (Å²) in [6, 6.07) is 8.75. The summed E-state index contributed by atoms with van der Waals surface area (Å²) in [5.74, 6) is -1.66. The van der Waals surface area contributed by atoms with Crippen molar-refractivity contribution >= 4 is 34.0 Å². The second-order valence-electron chi connectivity index (χ2n) is 5.23. The Bertz CT molecular complexity index is 968. The minimum absolute atomic E-state index is 0.00216. The molecule has 10 heteroatoms. The van der Waals surface area contributed by atoms with Gasteiger partial charge in [0.05, 0.1) is 16.1 Å². The van der Waals surface area contributed by atoms with Crippen LogP contribution in [0.5, 0.6) is 0 Å². The Morgan fingerprint density at radius 1 is 0.846 bits per heavy atom. The van der Waals surface area contributed by atoms with Gasteiger partial charge in [-0.05, 0) is 30.3 Å². The van der Waals surface area contributed by atoms with Crippen molar-refractivity contribution < 1.29 is 26.3 Å². The van der Waals surface area contributed by atoms with E-state index in [1.54, 1.807) is 6.07 Å². The zero-order valence-electron chi connectivity index (χ0n) is 12.6.